The number of hydrogen-bond donors (Lipinski definition) is 2. The monoisotopic (exact) mass is 413 g/mol. The molecule has 1 aromatic carbocycles. The van der Waals surface area contributed by atoms with Crippen LogP contribution in [0.5, 0.6) is 0 Å². The van der Waals surface area contributed by atoms with Crippen LogP contribution < -0.4 is 10.6 Å². The molecule has 0 spiro atoms. The van der Waals surface area contributed by atoms with E-state index in [2.05, 4.69) is 58.6 Å². The third-order valence-corrected chi connectivity index (χ3v) is 6.00. The lowest BCUT2D eigenvalue weighted by Crippen LogP contribution is -2.44. The highest BCUT2D eigenvalue weighted by Gasteiger charge is 2.21. The summed E-state index contributed by atoms with van der Waals surface area (Å²) in [6.45, 7) is 13.6. The number of likely N-dealkylation sites (tertiary alicyclic amines) is 2. The Morgan fingerprint density at radius 1 is 1.03 bits per heavy atom. The van der Waals surface area contributed by atoms with Crippen LogP contribution in [0.4, 0.5) is 0 Å². The van der Waals surface area contributed by atoms with E-state index in [-0.39, 0.29) is 5.91 Å². The van der Waals surface area contributed by atoms with Crippen molar-refractivity contribution in [2.45, 2.75) is 53.1 Å². The molecule has 1 amide bonds. The van der Waals surface area contributed by atoms with Gasteiger partial charge in [-0.1, -0.05) is 38.1 Å². The third kappa shape index (κ3) is 7.01. The minimum absolute atomic E-state index is 0.156. The van der Waals surface area contributed by atoms with Gasteiger partial charge in [0.25, 0.3) is 0 Å². The highest BCUT2D eigenvalue weighted by atomic mass is 16.2. The fourth-order valence-electron chi connectivity index (χ4n) is 4.68. The summed E-state index contributed by atoms with van der Waals surface area (Å²) >= 11 is 0. The zero-order valence-corrected chi connectivity index (χ0v) is 19.0. The summed E-state index contributed by atoms with van der Waals surface area (Å²) in [6.07, 6.45) is 3.58. The molecule has 0 bridgehead atoms. The van der Waals surface area contributed by atoms with E-state index in [1.54, 1.807) is 0 Å². The molecule has 6 nitrogen and oxygen atoms in total. The molecule has 2 aliphatic heterocycles. The molecule has 2 fully saturated rings. The van der Waals surface area contributed by atoms with Crippen LogP contribution in [0, 0.1) is 11.8 Å². The van der Waals surface area contributed by atoms with E-state index in [9.17, 15) is 4.79 Å². The van der Waals surface area contributed by atoms with Crippen molar-refractivity contribution in [3.05, 3.63) is 35.4 Å². The Labute approximate surface area is 182 Å². The number of nitrogens with zero attached hydrogens (tertiary/aromatic N) is 3. The number of piperidine rings is 1. The zero-order valence-electron chi connectivity index (χ0n) is 19.0. The average Bonchev–Trinajstić information content (AvgIpc) is 3.25. The average molecular weight is 414 g/mol. The van der Waals surface area contributed by atoms with Crippen molar-refractivity contribution in [1.82, 2.24) is 20.4 Å². The number of hydrogen-bond acceptors (Lipinski definition) is 3. The standard InChI is InChI=1S/C24H39N5O/c1-4-25-24(27-15-23(30)29-11-5-6-12-29)26-14-21-7-9-22(10-8-21)18-28-16-19(2)13-20(3)17-28/h7-10,19-20H,4-6,11-18H2,1-3H3,(H2,25,26,27). The Bertz CT molecular complexity index is 686. The number of guanidine groups is 1. The zero-order chi connectivity index (χ0) is 21.3. The number of carbonyl (C=O) groups excluding carboxylic acids is 1. The maximum absolute atomic E-state index is 12.2. The van der Waals surface area contributed by atoms with Crippen molar-refractivity contribution in [3.63, 3.8) is 0 Å². The first-order chi connectivity index (χ1) is 14.5. The van der Waals surface area contributed by atoms with Gasteiger partial charge in [-0.25, -0.2) is 4.99 Å². The number of rotatable bonds is 7. The molecule has 2 saturated heterocycles. The summed E-state index contributed by atoms with van der Waals surface area (Å²) in [7, 11) is 0. The van der Waals surface area contributed by atoms with Crippen LogP contribution in [0.15, 0.2) is 29.3 Å². The fourth-order valence-corrected chi connectivity index (χ4v) is 4.68. The van der Waals surface area contributed by atoms with Crippen molar-refractivity contribution in [3.8, 4) is 0 Å². The first-order valence-electron chi connectivity index (χ1n) is 11.6. The predicted molar refractivity (Wildman–Crippen MR) is 123 cm³/mol. The van der Waals surface area contributed by atoms with Gasteiger partial charge in [0.1, 0.15) is 0 Å². The molecule has 166 valence electrons. The van der Waals surface area contributed by atoms with Crippen LogP contribution >= 0.6 is 0 Å². The molecule has 2 aliphatic rings. The van der Waals surface area contributed by atoms with Gasteiger partial charge in [0.2, 0.25) is 5.91 Å². The number of aliphatic imine (C=N–C) groups is 1. The van der Waals surface area contributed by atoms with Crippen molar-refractivity contribution in [1.29, 1.82) is 0 Å². The highest BCUT2D eigenvalue weighted by Crippen LogP contribution is 2.22. The molecule has 0 saturated carbocycles. The molecule has 0 aliphatic carbocycles. The predicted octanol–water partition coefficient (Wildman–Crippen LogP) is 2.84. The first-order valence-corrected chi connectivity index (χ1v) is 11.6. The molecular weight excluding hydrogens is 374 g/mol. The molecule has 30 heavy (non-hydrogen) atoms. The Morgan fingerprint density at radius 3 is 2.30 bits per heavy atom. The van der Waals surface area contributed by atoms with Gasteiger partial charge in [-0.2, -0.15) is 0 Å². The fraction of sp³-hybridized carbons (Fsp3) is 0.667. The molecule has 0 radical (unpaired) electrons. The van der Waals surface area contributed by atoms with Gasteiger partial charge in [-0.3, -0.25) is 9.69 Å². The molecule has 0 aromatic heterocycles. The van der Waals surface area contributed by atoms with Crippen molar-refractivity contribution in [2.75, 3.05) is 39.3 Å². The normalized spacial score (nSPS) is 22.9. The number of amides is 1. The van der Waals surface area contributed by atoms with E-state index in [4.69, 9.17) is 0 Å². The van der Waals surface area contributed by atoms with Gasteiger partial charge in [0.15, 0.2) is 5.96 Å². The second-order valence-electron chi connectivity index (χ2n) is 9.09. The molecule has 1 aromatic rings. The molecular formula is C24H39N5O. The van der Waals surface area contributed by atoms with Gasteiger partial charge < -0.3 is 15.5 Å². The highest BCUT2D eigenvalue weighted by molar-refractivity contribution is 5.86. The van der Waals surface area contributed by atoms with E-state index < -0.39 is 0 Å². The lowest BCUT2D eigenvalue weighted by atomic mass is 9.91. The second kappa shape index (κ2) is 11.3. The summed E-state index contributed by atoms with van der Waals surface area (Å²) in [5.74, 6) is 2.43. The van der Waals surface area contributed by atoms with Crippen LogP contribution in [-0.4, -0.2) is 60.9 Å². The van der Waals surface area contributed by atoms with Gasteiger partial charge in [-0.05, 0) is 49.1 Å². The van der Waals surface area contributed by atoms with Crippen LogP contribution in [0.3, 0.4) is 0 Å². The van der Waals surface area contributed by atoms with Gasteiger partial charge in [0, 0.05) is 39.3 Å². The Balaban J connectivity index is 1.49. The van der Waals surface area contributed by atoms with Crippen LogP contribution in [0.25, 0.3) is 0 Å². The molecule has 3 rings (SSSR count). The largest absolute Gasteiger partial charge is 0.357 e. The topological polar surface area (TPSA) is 60.0 Å². The van der Waals surface area contributed by atoms with Gasteiger partial charge in [0.05, 0.1) is 13.1 Å². The first kappa shape index (κ1) is 22.6. The SMILES string of the molecule is CCNC(=NCc1ccc(CN2CC(C)CC(C)C2)cc1)NCC(=O)N1CCCC1. The third-order valence-electron chi connectivity index (χ3n) is 6.00. The van der Waals surface area contributed by atoms with E-state index in [1.165, 1.54) is 30.6 Å². The maximum Gasteiger partial charge on any atom is 0.241 e. The molecule has 2 unspecified atom stereocenters. The van der Waals surface area contributed by atoms with Gasteiger partial charge >= 0.3 is 0 Å². The number of benzene rings is 1. The molecule has 2 atom stereocenters. The van der Waals surface area contributed by atoms with Crippen molar-refractivity contribution in [2.24, 2.45) is 16.8 Å². The summed E-state index contributed by atoms with van der Waals surface area (Å²) < 4.78 is 0. The minimum atomic E-state index is 0.156. The van der Waals surface area contributed by atoms with Crippen molar-refractivity contribution >= 4 is 11.9 Å². The van der Waals surface area contributed by atoms with E-state index in [0.29, 0.717) is 19.0 Å². The molecule has 2 N–H and O–H groups in total. The Morgan fingerprint density at radius 2 is 1.67 bits per heavy atom. The van der Waals surface area contributed by atoms with Gasteiger partial charge in [-0.15, -0.1) is 0 Å². The number of nitrogens with one attached hydrogen (secondary N) is 2. The summed E-state index contributed by atoms with van der Waals surface area (Å²) in [5, 5.41) is 6.42. The van der Waals surface area contributed by atoms with Crippen LogP contribution in [0.2, 0.25) is 0 Å². The van der Waals surface area contributed by atoms with E-state index >= 15 is 0 Å². The summed E-state index contributed by atoms with van der Waals surface area (Å²) in [5.41, 5.74) is 2.55. The smallest absolute Gasteiger partial charge is 0.241 e. The lowest BCUT2D eigenvalue weighted by Gasteiger charge is -2.35. The second-order valence-corrected chi connectivity index (χ2v) is 9.09. The summed E-state index contributed by atoms with van der Waals surface area (Å²) in [6, 6.07) is 8.81. The van der Waals surface area contributed by atoms with Crippen molar-refractivity contribution < 1.29 is 4.79 Å². The van der Waals surface area contributed by atoms with Crippen LogP contribution in [0.1, 0.15) is 51.2 Å². The lowest BCUT2D eigenvalue weighted by molar-refractivity contribution is -0.128. The van der Waals surface area contributed by atoms with E-state index in [0.717, 1.165) is 50.9 Å². The maximum atomic E-state index is 12.2. The number of carbonyl (C=O) groups is 1. The molecule has 6 heteroatoms. The van der Waals surface area contributed by atoms with E-state index in [1.807, 2.05) is 11.8 Å². The Hall–Kier alpha value is -2.08. The minimum Gasteiger partial charge on any atom is -0.357 e. The van der Waals surface area contributed by atoms with Crippen LogP contribution in [-0.2, 0) is 17.9 Å². The quantitative estimate of drug-likeness (QED) is 0.533. The summed E-state index contributed by atoms with van der Waals surface area (Å²) in [4.78, 5) is 21.4. The molecule has 2 heterocycles. The Kier molecular flexibility index (Phi) is 8.55.